The highest BCUT2D eigenvalue weighted by Crippen LogP contribution is 2.42. The number of nitrogens with one attached hydrogen (secondary N) is 1. The molecule has 2 nitrogen and oxygen atoms in total. The molecule has 4 rings (SSSR count). The summed E-state index contributed by atoms with van der Waals surface area (Å²) in [5, 5.41) is 7.15. The quantitative estimate of drug-likeness (QED) is 0.700. The lowest BCUT2D eigenvalue weighted by Crippen LogP contribution is -2.26. The van der Waals surface area contributed by atoms with Gasteiger partial charge in [-0.2, -0.15) is 11.3 Å². The van der Waals surface area contributed by atoms with Gasteiger partial charge in [0.1, 0.15) is 0 Å². The van der Waals surface area contributed by atoms with Gasteiger partial charge in [-0.25, -0.2) is 0 Å². The van der Waals surface area contributed by atoms with E-state index in [4.69, 9.17) is 0 Å². The SMILES string of the molecule is O=C(C=Cc1ccsc1)NC1c2ccccc2-c2ccccc21. The first-order chi connectivity index (χ1) is 11.3. The smallest absolute Gasteiger partial charge is 0.244 e. The lowest BCUT2D eigenvalue weighted by molar-refractivity contribution is -0.116. The van der Waals surface area contributed by atoms with E-state index in [1.54, 1.807) is 17.4 Å². The predicted octanol–water partition coefficient (Wildman–Crippen LogP) is 4.65. The first-order valence-corrected chi connectivity index (χ1v) is 8.46. The molecule has 3 heteroatoms. The molecule has 1 amide bonds. The van der Waals surface area contributed by atoms with E-state index >= 15 is 0 Å². The van der Waals surface area contributed by atoms with Gasteiger partial charge in [-0.1, -0.05) is 48.5 Å². The third-order valence-corrected chi connectivity index (χ3v) is 4.79. The Morgan fingerprint density at radius 2 is 1.61 bits per heavy atom. The van der Waals surface area contributed by atoms with Crippen molar-refractivity contribution in [2.75, 3.05) is 0 Å². The van der Waals surface area contributed by atoms with E-state index in [0.29, 0.717) is 0 Å². The Morgan fingerprint density at radius 3 is 2.22 bits per heavy atom. The van der Waals surface area contributed by atoms with Crippen molar-refractivity contribution >= 4 is 23.3 Å². The maximum absolute atomic E-state index is 12.3. The second-order valence-corrected chi connectivity index (χ2v) is 6.29. The fourth-order valence-corrected chi connectivity index (χ4v) is 3.67. The van der Waals surface area contributed by atoms with E-state index in [-0.39, 0.29) is 11.9 Å². The van der Waals surface area contributed by atoms with E-state index in [2.05, 4.69) is 29.6 Å². The van der Waals surface area contributed by atoms with Gasteiger partial charge in [0.05, 0.1) is 6.04 Å². The molecule has 0 aliphatic heterocycles. The number of thiophene rings is 1. The first-order valence-electron chi connectivity index (χ1n) is 7.52. The minimum absolute atomic E-state index is 0.0762. The van der Waals surface area contributed by atoms with Gasteiger partial charge >= 0.3 is 0 Å². The van der Waals surface area contributed by atoms with Gasteiger partial charge < -0.3 is 5.32 Å². The van der Waals surface area contributed by atoms with Crippen LogP contribution in [0.5, 0.6) is 0 Å². The number of hydrogen-bond acceptors (Lipinski definition) is 2. The highest BCUT2D eigenvalue weighted by molar-refractivity contribution is 7.08. The zero-order valence-corrected chi connectivity index (χ0v) is 13.2. The summed E-state index contributed by atoms with van der Waals surface area (Å²) in [6.45, 7) is 0. The van der Waals surface area contributed by atoms with Crippen LogP contribution in [0.3, 0.4) is 0 Å². The third kappa shape index (κ3) is 2.60. The number of carbonyl (C=O) groups is 1. The first kappa shape index (κ1) is 14.0. The van der Waals surface area contributed by atoms with Crippen LogP contribution in [0.25, 0.3) is 17.2 Å². The predicted molar refractivity (Wildman–Crippen MR) is 95.2 cm³/mol. The number of hydrogen-bond donors (Lipinski definition) is 1. The molecule has 0 bridgehead atoms. The van der Waals surface area contributed by atoms with Crippen LogP contribution < -0.4 is 5.32 Å². The second kappa shape index (κ2) is 5.86. The van der Waals surface area contributed by atoms with Crippen molar-refractivity contribution in [3.63, 3.8) is 0 Å². The Hall–Kier alpha value is -2.65. The largest absolute Gasteiger partial charge is 0.342 e. The number of amides is 1. The summed E-state index contributed by atoms with van der Waals surface area (Å²) in [7, 11) is 0. The molecule has 2 aromatic carbocycles. The average molecular weight is 317 g/mol. The molecule has 1 aliphatic carbocycles. The Kier molecular flexibility index (Phi) is 3.56. The maximum Gasteiger partial charge on any atom is 0.244 e. The van der Waals surface area contributed by atoms with Gasteiger partial charge in [0, 0.05) is 6.08 Å². The fourth-order valence-electron chi connectivity index (χ4n) is 3.04. The Morgan fingerprint density at radius 1 is 0.957 bits per heavy atom. The zero-order chi connectivity index (χ0) is 15.6. The normalized spacial score (nSPS) is 13.0. The molecule has 0 fully saturated rings. The Labute approximate surface area is 139 Å². The molecular formula is C20H15NOS. The van der Waals surface area contributed by atoms with Crippen molar-refractivity contribution in [1.29, 1.82) is 0 Å². The van der Waals surface area contributed by atoms with Crippen molar-refractivity contribution in [3.8, 4) is 11.1 Å². The van der Waals surface area contributed by atoms with Crippen LogP contribution in [-0.2, 0) is 4.79 Å². The van der Waals surface area contributed by atoms with Crippen molar-refractivity contribution in [2.45, 2.75) is 6.04 Å². The van der Waals surface area contributed by atoms with Crippen molar-refractivity contribution < 1.29 is 4.79 Å². The highest BCUT2D eigenvalue weighted by atomic mass is 32.1. The molecule has 0 atom stereocenters. The highest BCUT2D eigenvalue weighted by Gasteiger charge is 2.28. The van der Waals surface area contributed by atoms with Gasteiger partial charge in [-0.15, -0.1) is 0 Å². The molecule has 0 unspecified atom stereocenters. The topological polar surface area (TPSA) is 29.1 Å². The van der Waals surface area contributed by atoms with Crippen molar-refractivity contribution in [2.24, 2.45) is 0 Å². The fraction of sp³-hybridized carbons (Fsp3) is 0.0500. The number of fused-ring (bicyclic) bond motifs is 3. The maximum atomic E-state index is 12.3. The van der Waals surface area contributed by atoms with Crippen LogP contribution in [0.1, 0.15) is 22.7 Å². The summed E-state index contributed by atoms with van der Waals surface area (Å²) < 4.78 is 0. The van der Waals surface area contributed by atoms with Crippen molar-refractivity contribution in [3.05, 3.63) is 88.1 Å². The molecule has 23 heavy (non-hydrogen) atoms. The summed E-state index contributed by atoms with van der Waals surface area (Å²) in [6.07, 6.45) is 3.45. The molecule has 1 aliphatic rings. The Bertz CT molecular complexity index is 835. The second-order valence-electron chi connectivity index (χ2n) is 5.51. The van der Waals surface area contributed by atoms with E-state index in [9.17, 15) is 4.79 Å². The summed E-state index contributed by atoms with van der Waals surface area (Å²) in [6, 6.07) is 18.4. The van der Waals surface area contributed by atoms with E-state index < -0.39 is 0 Å². The standard InChI is InChI=1S/C20H15NOS/c22-19(10-9-14-11-12-23-13-14)21-20-17-7-3-1-5-15(17)16-6-2-4-8-18(16)20/h1-13,20H,(H,21,22). The summed E-state index contributed by atoms with van der Waals surface area (Å²) >= 11 is 1.62. The van der Waals surface area contributed by atoms with Gasteiger partial charge in [-0.3, -0.25) is 4.79 Å². The minimum Gasteiger partial charge on any atom is -0.342 e. The summed E-state index contributed by atoms with van der Waals surface area (Å²) in [5.74, 6) is -0.0762. The van der Waals surface area contributed by atoms with E-state index in [1.807, 2.05) is 47.2 Å². The van der Waals surface area contributed by atoms with Crippen molar-refractivity contribution in [1.82, 2.24) is 5.32 Å². The lowest BCUT2D eigenvalue weighted by Gasteiger charge is -2.14. The van der Waals surface area contributed by atoms with Gasteiger partial charge in [0.2, 0.25) is 5.91 Å². The van der Waals surface area contributed by atoms with Crippen LogP contribution in [0.2, 0.25) is 0 Å². The number of rotatable bonds is 3. The molecule has 1 N–H and O–H groups in total. The molecule has 1 heterocycles. The van der Waals surface area contributed by atoms with Gasteiger partial charge in [0.15, 0.2) is 0 Å². The molecule has 0 saturated heterocycles. The van der Waals surface area contributed by atoms with E-state index in [1.165, 1.54) is 11.1 Å². The summed E-state index contributed by atoms with van der Waals surface area (Å²) in [4.78, 5) is 12.3. The van der Waals surface area contributed by atoms with Crippen LogP contribution in [-0.4, -0.2) is 5.91 Å². The monoisotopic (exact) mass is 317 g/mol. The average Bonchev–Trinajstić information content (AvgIpc) is 3.21. The van der Waals surface area contributed by atoms with Gasteiger partial charge in [0.25, 0.3) is 0 Å². The molecule has 0 saturated carbocycles. The zero-order valence-electron chi connectivity index (χ0n) is 12.4. The van der Waals surface area contributed by atoms with Crippen LogP contribution >= 0.6 is 11.3 Å². The Balaban J connectivity index is 1.63. The molecule has 0 spiro atoms. The molecular weight excluding hydrogens is 302 g/mol. The molecule has 1 aromatic heterocycles. The minimum atomic E-state index is -0.0815. The molecule has 0 radical (unpaired) electrons. The van der Waals surface area contributed by atoms with Gasteiger partial charge in [-0.05, 0) is 50.7 Å². The molecule has 112 valence electrons. The number of benzene rings is 2. The van der Waals surface area contributed by atoms with E-state index in [0.717, 1.165) is 16.7 Å². The van der Waals surface area contributed by atoms with Crippen LogP contribution in [0, 0.1) is 0 Å². The third-order valence-electron chi connectivity index (χ3n) is 4.09. The lowest BCUT2D eigenvalue weighted by atomic mass is 10.1. The number of carbonyl (C=O) groups excluding carboxylic acids is 1. The van der Waals surface area contributed by atoms with Crippen LogP contribution in [0.4, 0.5) is 0 Å². The summed E-state index contributed by atoms with van der Waals surface area (Å²) in [5.41, 5.74) is 5.78. The molecule has 3 aromatic rings. The van der Waals surface area contributed by atoms with Crippen LogP contribution in [0.15, 0.2) is 71.4 Å².